The molecular weight excluding hydrogens is 200 g/mol. The number of rotatable bonds is 4. The monoisotopic (exact) mass is 218 g/mol. The van der Waals surface area contributed by atoms with Gasteiger partial charge in [0.05, 0.1) is 0 Å². The first-order chi connectivity index (χ1) is 7.33. The maximum absolute atomic E-state index is 2.36. The van der Waals surface area contributed by atoms with Crippen LogP contribution in [0.25, 0.3) is 10.1 Å². The summed E-state index contributed by atoms with van der Waals surface area (Å²) in [5.41, 5.74) is 1.49. The summed E-state index contributed by atoms with van der Waals surface area (Å²) in [6, 6.07) is 9.27. The smallest absolute Gasteiger partial charge is 0.0345 e. The van der Waals surface area contributed by atoms with E-state index in [0.717, 1.165) is 6.42 Å². The molecule has 1 heteroatoms. The van der Waals surface area contributed by atoms with Gasteiger partial charge in [-0.2, -0.15) is 0 Å². The maximum Gasteiger partial charge on any atom is 0.0345 e. The minimum atomic E-state index is 1.16. The van der Waals surface area contributed by atoms with Crippen molar-refractivity contribution in [3.63, 3.8) is 0 Å². The van der Waals surface area contributed by atoms with Gasteiger partial charge in [0, 0.05) is 9.58 Å². The van der Waals surface area contributed by atoms with Crippen molar-refractivity contribution in [3.05, 3.63) is 34.7 Å². The zero-order chi connectivity index (χ0) is 10.7. The van der Waals surface area contributed by atoms with Crippen molar-refractivity contribution in [2.45, 2.75) is 39.5 Å². The van der Waals surface area contributed by atoms with Crippen LogP contribution in [-0.4, -0.2) is 0 Å². The summed E-state index contributed by atoms with van der Waals surface area (Å²) in [6.45, 7) is 4.47. The summed E-state index contributed by atoms with van der Waals surface area (Å²) in [5, 5.41) is 1.44. The number of hydrogen-bond acceptors (Lipinski definition) is 1. The Morgan fingerprint density at radius 2 is 2.00 bits per heavy atom. The second-order valence-electron chi connectivity index (χ2n) is 4.04. The number of thiophene rings is 1. The van der Waals surface area contributed by atoms with Gasteiger partial charge in [-0.1, -0.05) is 32.4 Å². The lowest BCUT2D eigenvalue weighted by molar-refractivity contribution is 0.796. The molecule has 0 aliphatic rings. The second-order valence-corrected chi connectivity index (χ2v) is 5.21. The van der Waals surface area contributed by atoms with E-state index in [1.807, 2.05) is 11.3 Å². The number of unbranched alkanes of at least 4 members (excludes halogenated alkanes) is 1. The van der Waals surface area contributed by atoms with E-state index in [2.05, 4.69) is 38.1 Å². The number of fused-ring (bicyclic) bond motifs is 1. The molecule has 0 N–H and O–H groups in total. The van der Waals surface area contributed by atoms with Gasteiger partial charge in [-0.3, -0.25) is 0 Å². The molecule has 0 aliphatic carbocycles. The molecule has 80 valence electrons. The van der Waals surface area contributed by atoms with E-state index in [9.17, 15) is 0 Å². The fraction of sp³-hybridized carbons (Fsp3) is 0.429. The summed E-state index contributed by atoms with van der Waals surface area (Å²) >= 11 is 1.93. The molecule has 1 aromatic heterocycles. The van der Waals surface area contributed by atoms with Crippen LogP contribution in [-0.2, 0) is 12.8 Å². The Balaban J connectivity index is 2.29. The molecule has 0 saturated heterocycles. The molecule has 0 aliphatic heterocycles. The predicted octanol–water partition coefficient (Wildman–Crippen LogP) is 4.81. The zero-order valence-electron chi connectivity index (χ0n) is 9.55. The Morgan fingerprint density at radius 1 is 1.13 bits per heavy atom. The molecule has 2 rings (SSSR count). The van der Waals surface area contributed by atoms with Gasteiger partial charge < -0.3 is 0 Å². The normalized spacial score (nSPS) is 11.1. The Labute approximate surface area is 95.9 Å². The van der Waals surface area contributed by atoms with Gasteiger partial charge in [-0.05, 0) is 42.3 Å². The van der Waals surface area contributed by atoms with Gasteiger partial charge >= 0.3 is 0 Å². The molecular formula is C14H18S. The van der Waals surface area contributed by atoms with Crippen molar-refractivity contribution in [1.29, 1.82) is 0 Å². The lowest BCUT2D eigenvalue weighted by atomic mass is 10.1. The Kier molecular flexibility index (Phi) is 3.42. The van der Waals surface area contributed by atoms with Crippen LogP contribution in [0.4, 0.5) is 0 Å². The highest BCUT2D eigenvalue weighted by Crippen LogP contribution is 2.27. The first-order valence-electron chi connectivity index (χ1n) is 5.84. The van der Waals surface area contributed by atoms with Crippen molar-refractivity contribution >= 4 is 21.4 Å². The van der Waals surface area contributed by atoms with E-state index in [4.69, 9.17) is 0 Å². The van der Waals surface area contributed by atoms with Crippen LogP contribution in [0, 0.1) is 0 Å². The lowest BCUT2D eigenvalue weighted by Crippen LogP contribution is -1.82. The molecule has 2 aromatic rings. The van der Waals surface area contributed by atoms with Gasteiger partial charge in [0.15, 0.2) is 0 Å². The fourth-order valence-electron chi connectivity index (χ4n) is 1.86. The van der Waals surface area contributed by atoms with E-state index in [1.54, 1.807) is 0 Å². The standard InChI is InChI=1S/C14H18S/c1-3-5-6-11-7-8-14-12(9-11)10-13(4-2)15-14/h7-10H,3-6H2,1-2H3. The van der Waals surface area contributed by atoms with Gasteiger partial charge in [-0.15, -0.1) is 11.3 Å². The van der Waals surface area contributed by atoms with Crippen LogP contribution in [0.5, 0.6) is 0 Å². The molecule has 0 amide bonds. The summed E-state index contributed by atoms with van der Waals surface area (Å²) in [5.74, 6) is 0. The first kappa shape index (κ1) is 10.7. The Hall–Kier alpha value is -0.820. The van der Waals surface area contributed by atoms with Crippen LogP contribution >= 0.6 is 11.3 Å². The number of hydrogen-bond donors (Lipinski definition) is 0. The highest BCUT2D eigenvalue weighted by atomic mass is 32.1. The summed E-state index contributed by atoms with van der Waals surface area (Å²) < 4.78 is 1.44. The summed E-state index contributed by atoms with van der Waals surface area (Å²) in [7, 11) is 0. The van der Waals surface area contributed by atoms with Crippen LogP contribution in [0.3, 0.4) is 0 Å². The second kappa shape index (κ2) is 4.80. The van der Waals surface area contributed by atoms with Crippen LogP contribution in [0.2, 0.25) is 0 Å². The third-order valence-corrected chi connectivity index (χ3v) is 4.06. The van der Waals surface area contributed by atoms with Crippen LogP contribution < -0.4 is 0 Å². The molecule has 15 heavy (non-hydrogen) atoms. The molecule has 0 atom stereocenters. The van der Waals surface area contributed by atoms with Crippen molar-refractivity contribution < 1.29 is 0 Å². The SMILES string of the molecule is CCCCc1ccc2sc(CC)cc2c1. The van der Waals surface area contributed by atoms with Gasteiger partial charge in [0.1, 0.15) is 0 Å². The molecule has 0 fully saturated rings. The van der Waals surface area contributed by atoms with Crippen molar-refractivity contribution in [3.8, 4) is 0 Å². The summed E-state index contributed by atoms with van der Waals surface area (Å²) in [6.07, 6.45) is 4.96. The van der Waals surface area contributed by atoms with Crippen molar-refractivity contribution in [2.75, 3.05) is 0 Å². The molecule has 0 nitrogen and oxygen atoms in total. The third kappa shape index (κ3) is 2.40. The average molecular weight is 218 g/mol. The van der Waals surface area contributed by atoms with Crippen molar-refractivity contribution in [2.24, 2.45) is 0 Å². The Morgan fingerprint density at radius 3 is 2.73 bits per heavy atom. The summed E-state index contributed by atoms with van der Waals surface area (Å²) in [4.78, 5) is 1.50. The first-order valence-corrected chi connectivity index (χ1v) is 6.66. The fourth-order valence-corrected chi connectivity index (χ4v) is 2.84. The molecule has 0 bridgehead atoms. The molecule has 1 heterocycles. The topological polar surface area (TPSA) is 0 Å². The number of benzene rings is 1. The van der Waals surface area contributed by atoms with Gasteiger partial charge in [0.25, 0.3) is 0 Å². The highest BCUT2D eigenvalue weighted by molar-refractivity contribution is 7.19. The van der Waals surface area contributed by atoms with E-state index in [1.165, 1.54) is 39.8 Å². The minimum absolute atomic E-state index is 1.16. The minimum Gasteiger partial charge on any atom is -0.140 e. The molecule has 0 unspecified atom stereocenters. The largest absolute Gasteiger partial charge is 0.140 e. The highest BCUT2D eigenvalue weighted by Gasteiger charge is 2.01. The van der Waals surface area contributed by atoms with Crippen molar-refractivity contribution in [1.82, 2.24) is 0 Å². The average Bonchev–Trinajstić information content (AvgIpc) is 2.68. The molecule has 1 aromatic carbocycles. The maximum atomic E-state index is 2.36. The van der Waals surface area contributed by atoms with Gasteiger partial charge in [0.2, 0.25) is 0 Å². The third-order valence-electron chi connectivity index (χ3n) is 2.80. The molecule has 0 radical (unpaired) electrons. The zero-order valence-corrected chi connectivity index (χ0v) is 10.4. The van der Waals surface area contributed by atoms with E-state index in [0.29, 0.717) is 0 Å². The molecule has 0 spiro atoms. The van der Waals surface area contributed by atoms with Gasteiger partial charge in [-0.25, -0.2) is 0 Å². The molecule has 0 saturated carbocycles. The predicted molar refractivity (Wildman–Crippen MR) is 69.8 cm³/mol. The quantitative estimate of drug-likeness (QED) is 0.691. The number of aryl methyl sites for hydroxylation is 2. The van der Waals surface area contributed by atoms with E-state index in [-0.39, 0.29) is 0 Å². The van der Waals surface area contributed by atoms with Crippen LogP contribution in [0.15, 0.2) is 24.3 Å². The lowest BCUT2D eigenvalue weighted by Gasteiger charge is -1.99. The van der Waals surface area contributed by atoms with Crippen LogP contribution in [0.1, 0.15) is 37.1 Å². The van der Waals surface area contributed by atoms with E-state index < -0.39 is 0 Å². The Bertz CT molecular complexity index is 440. The van der Waals surface area contributed by atoms with E-state index >= 15 is 0 Å².